The second-order valence-corrected chi connectivity index (χ2v) is 3.95. The Bertz CT molecular complexity index is 294. The maximum atomic E-state index is 5.67. The minimum absolute atomic E-state index is 0.160. The Labute approximate surface area is 80.0 Å². The Morgan fingerprint density at radius 1 is 1.31 bits per heavy atom. The van der Waals surface area contributed by atoms with Crippen LogP contribution in [0.1, 0.15) is 26.3 Å². The third-order valence-corrected chi connectivity index (χ3v) is 1.47. The van der Waals surface area contributed by atoms with E-state index in [1.165, 1.54) is 0 Å². The van der Waals surface area contributed by atoms with Gasteiger partial charge in [0.25, 0.3) is 0 Å². The second-order valence-electron chi connectivity index (χ2n) is 3.95. The highest BCUT2D eigenvalue weighted by Crippen LogP contribution is 2.19. The normalized spacial score (nSPS) is 11.0. The number of ether oxygens (including phenoxy) is 1. The molecule has 13 heavy (non-hydrogen) atoms. The lowest BCUT2D eigenvalue weighted by molar-refractivity contribution is 0.131. The van der Waals surface area contributed by atoms with Crippen molar-refractivity contribution in [3.8, 4) is 5.75 Å². The maximum absolute atomic E-state index is 5.67. The van der Waals surface area contributed by atoms with E-state index >= 15 is 0 Å². The molecule has 0 N–H and O–H groups in total. The molecule has 0 atom stereocenters. The molecule has 0 heterocycles. The van der Waals surface area contributed by atoms with Gasteiger partial charge in [-0.1, -0.05) is 24.8 Å². The molecule has 1 aromatic carbocycles. The van der Waals surface area contributed by atoms with E-state index in [9.17, 15) is 0 Å². The Hall–Kier alpha value is -1.24. The first-order valence-corrected chi connectivity index (χ1v) is 4.35. The highest BCUT2D eigenvalue weighted by atomic mass is 16.5. The Balaban J connectivity index is 2.84. The summed E-state index contributed by atoms with van der Waals surface area (Å²) >= 11 is 0. The molecule has 1 aromatic rings. The van der Waals surface area contributed by atoms with Crippen LogP contribution in [-0.4, -0.2) is 5.60 Å². The molecule has 0 saturated heterocycles. The lowest BCUT2D eigenvalue weighted by Gasteiger charge is -2.21. The predicted molar refractivity (Wildman–Crippen MR) is 55.6 cm³/mol. The van der Waals surface area contributed by atoms with Gasteiger partial charge >= 0.3 is 0 Å². The zero-order valence-electron chi connectivity index (χ0n) is 8.37. The quantitative estimate of drug-likeness (QED) is 0.670. The van der Waals surface area contributed by atoms with Crippen molar-refractivity contribution in [2.24, 2.45) is 0 Å². The van der Waals surface area contributed by atoms with Gasteiger partial charge in [-0.05, 0) is 38.5 Å². The monoisotopic (exact) mass is 175 g/mol. The van der Waals surface area contributed by atoms with Gasteiger partial charge in [-0.3, -0.25) is 0 Å². The highest BCUT2D eigenvalue weighted by molar-refractivity contribution is 5.48. The molecule has 0 spiro atoms. The molecule has 0 aliphatic carbocycles. The number of hydrogen-bond acceptors (Lipinski definition) is 1. The van der Waals surface area contributed by atoms with Gasteiger partial charge in [0.05, 0.1) is 0 Å². The van der Waals surface area contributed by atoms with Crippen molar-refractivity contribution in [2.45, 2.75) is 26.4 Å². The first-order chi connectivity index (χ1) is 6.01. The van der Waals surface area contributed by atoms with E-state index in [0.717, 1.165) is 11.3 Å². The number of rotatable bonds is 2. The van der Waals surface area contributed by atoms with Crippen molar-refractivity contribution in [3.05, 3.63) is 36.4 Å². The molecule has 1 rings (SSSR count). The Kier molecular flexibility index (Phi) is 2.76. The minimum Gasteiger partial charge on any atom is -0.488 e. The van der Waals surface area contributed by atoms with E-state index in [1.54, 1.807) is 6.08 Å². The summed E-state index contributed by atoms with van der Waals surface area (Å²) in [7, 11) is 0. The summed E-state index contributed by atoms with van der Waals surface area (Å²) in [5.74, 6) is 0.853. The van der Waals surface area contributed by atoms with Crippen molar-refractivity contribution in [3.63, 3.8) is 0 Å². The molecular weight excluding hydrogens is 160 g/mol. The fourth-order valence-electron chi connectivity index (χ4n) is 1.04. The van der Waals surface area contributed by atoms with Gasteiger partial charge in [-0.25, -0.2) is 0 Å². The molecule has 1 radical (unpaired) electrons. The van der Waals surface area contributed by atoms with Crippen LogP contribution in [-0.2, 0) is 0 Å². The fraction of sp³-hybridized carbons (Fsp3) is 0.333. The van der Waals surface area contributed by atoms with Crippen LogP contribution >= 0.6 is 0 Å². The summed E-state index contributed by atoms with van der Waals surface area (Å²) in [5, 5.41) is 0. The van der Waals surface area contributed by atoms with E-state index in [0.29, 0.717) is 0 Å². The zero-order valence-corrected chi connectivity index (χ0v) is 8.37. The van der Waals surface area contributed by atoms with Crippen LogP contribution < -0.4 is 4.74 Å². The smallest absolute Gasteiger partial charge is 0.120 e. The molecule has 1 heteroatoms. The maximum Gasteiger partial charge on any atom is 0.120 e. The van der Waals surface area contributed by atoms with Gasteiger partial charge in [0.2, 0.25) is 0 Å². The molecule has 0 aliphatic heterocycles. The van der Waals surface area contributed by atoms with Gasteiger partial charge in [-0.15, -0.1) is 0 Å². The fourth-order valence-corrected chi connectivity index (χ4v) is 1.04. The standard InChI is InChI=1S/C12H15O/c1-5-10-7-6-8-11(9-10)13-12(2,3)4/h1,5-9H,2-4H3. The largest absolute Gasteiger partial charge is 0.488 e. The van der Waals surface area contributed by atoms with Crippen LogP contribution in [0, 0.1) is 6.58 Å². The molecule has 69 valence electrons. The van der Waals surface area contributed by atoms with Crippen molar-refractivity contribution >= 4 is 6.08 Å². The molecule has 0 aliphatic rings. The third kappa shape index (κ3) is 3.32. The topological polar surface area (TPSA) is 9.23 Å². The van der Waals surface area contributed by atoms with Gasteiger partial charge < -0.3 is 4.74 Å². The molecular formula is C12H15O. The number of benzene rings is 1. The van der Waals surface area contributed by atoms with Crippen LogP contribution in [0.5, 0.6) is 5.75 Å². The van der Waals surface area contributed by atoms with Crippen LogP contribution in [0.2, 0.25) is 0 Å². The minimum atomic E-state index is -0.160. The van der Waals surface area contributed by atoms with Crippen LogP contribution in [0.15, 0.2) is 24.3 Å². The average Bonchev–Trinajstić information content (AvgIpc) is 2.01. The predicted octanol–water partition coefficient (Wildman–Crippen LogP) is 3.31. The van der Waals surface area contributed by atoms with Crippen molar-refractivity contribution < 1.29 is 4.74 Å². The molecule has 0 aromatic heterocycles. The summed E-state index contributed by atoms with van der Waals surface area (Å²) in [5.41, 5.74) is 0.814. The number of hydrogen-bond donors (Lipinski definition) is 0. The van der Waals surface area contributed by atoms with Crippen molar-refractivity contribution in [2.75, 3.05) is 0 Å². The Morgan fingerprint density at radius 2 is 2.00 bits per heavy atom. The Morgan fingerprint density at radius 3 is 2.54 bits per heavy atom. The van der Waals surface area contributed by atoms with E-state index in [1.807, 2.05) is 45.0 Å². The van der Waals surface area contributed by atoms with Gasteiger partial charge in [0, 0.05) is 0 Å². The molecule has 0 amide bonds. The molecule has 0 fully saturated rings. The lowest BCUT2D eigenvalue weighted by atomic mass is 10.1. The first-order valence-electron chi connectivity index (χ1n) is 4.35. The third-order valence-electron chi connectivity index (χ3n) is 1.47. The SMILES string of the molecule is [CH]=Cc1cccc(OC(C)(C)C)c1. The highest BCUT2D eigenvalue weighted by Gasteiger charge is 2.11. The van der Waals surface area contributed by atoms with Crippen molar-refractivity contribution in [1.29, 1.82) is 0 Å². The van der Waals surface area contributed by atoms with Gasteiger partial charge in [0.15, 0.2) is 0 Å². The summed E-state index contributed by atoms with van der Waals surface area (Å²) in [6, 6.07) is 7.72. The van der Waals surface area contributed by atoms with Crippen LogP contribution in [0.25, 0.3) is 6.08 Å². The molecule has 0 bridgehead atoms. The zero-order chi connectivity index (χ0) is 9.90. The van der Waals surface area contributed by atoms with Crippen LogP contribution in [0.3, 0.4) is 0 Å². The summed E-state index contributed by atoms with van der Waals surface area (Å²) in [6.45, 7) is 11.5. The molecule has 0 unspecified atom stereocenters. The van der Waals surface area contributed by atoms with Gasteiger partial charge in [-0.2, -0.15) is 0 Å². The summed E-state index contributed by atoms with van der Waals surface area (Å²) in [4.78, 5) is 0. The first kappa shape index (κ1) is 9.85. The molecule has 1 nitrogen and oxygen atoms in total. The average molecular weight is 175 g/mol. The van der Waals surface area contributed by atoms with E-state index in [4.69, 9.17) is 11.3 Å². The summed E-state index contributed by atoms with van der Waals surface area (Å²) < 4.78 is 5.67. The molecule has 0 saturated carbocycles. The second kappa shape index (κ2) is 3.65. The van der Waals surface area contributed by atoms with E-state index in [-0.39, 0.29) is 5.60 Å². The van der Waals surface area contributed by atoms with Crippen LogP contribution in [0.4, 0.5) is 0 Å². The van der Waals surface area contributed by atoms with Crippen molar-refractivity contribution in [1.82, 2.24) is 0 Å². The van der Waals surface area contributed by atoms with Gasteiger partial charge in [0.1, 0.15) is 11.4 Å². The van der Waals surface area contributed by atoms with E-state index < -0.39 is 0 Å². The summed E-state index contributed by atoms with van der Waals surface area (Å²) in [6.07, 6.45) is 1.56. The van der Waals surface area contributed by atoms with E-state index in [2.05, 4.69) is 0 Å². The lowest BCUT2D eigenvalue weighted by Crippen LogP contribution is -2.22.